The van der Waals surface area contributed by atoms with Crippen LogP contribution in [0.1, 0.15) is 26.6 Å². The van der Waals surface area contributed by atoms with E-state index in [4.69, 9.17) is 4.74 Å². The van der Waals surface area contributed by atoms with E-state index in [1.165, 1.54) is 6.08 Å². The number of rotatable bonds is 3. The van der Waals surface area contributed by atoms with Crippen molar-refractivity contribution >= 4 is 39.8 Å². The van der Waals surface area contributed by atoms with Gasteiger partial charge in [0.2, 0.25) is 0 Å². The summed E-state index contributed by atoms with van der Waals surface area (Å²) in [5.74, 6) is 0.198. The number of hydrogen-bond acceptors (Lipinski definition) is 5. The highest BCUT2D eigenvalue weighted by atomic mass is 32.1. The van der Waals surface area contributed by atoms with Gasteiger partial charge in [0, 0.05) is 16.6 Å². The summed E-state index contributed by atoms with van der Waals surface area (Å²) in [5, 5.41) is 2.71. The number of fused-ring (bicyclic) bond motifs is 2. The largest absolute Gasteiger partial charge is 0.482 e. The van der Waals surface area contributed by atoms with Crippen LogP contribution >= 0.6 is 11.3 Å². The first-order chi connectivity index (χ1) is 12.0. The zero-order valence-electron chi connectivity index (χ0n) is 13.7. The number of thiazole rings is 1. The SMILES string of the molecule is Cc1cn2c(/C=C/C(=O)c3ccc4c(c3)NC(=O)CO4)c(C)nc2s1. The van der Waals surface area contributed by atoms with E-state index in [1.807, 2.05) is 24.4 Å². The van der Waals surface area contributed by atoms with Crippen LogP contribution in [0, 0.1) is 13.8 Å². The maximum atomic E-state index is 12.5. The topological polar surface area (TPSA) is 72.7 Å². The van der Waals surface area contributed by atoms with Gasteiger partial charge < -0.3 is 10.1 Å². The molecule has 1 aromatic carbocycles. The summed E-state index contributed by atoms with van der Waals surface area (Å²) in [7, 11) is 0. The number of aryl methyl sites for hydroxylation is 2. The molecule has 0 saturated carbocycles. The van der Waals surface area contributed by atoms with Crippen LogP contribution < -0.4 is 10.1 Å². The maximum absolute atomic E-state index is 12.5. The quantitative estimate of drug-likeness (QED) is 0.579. The fourth-order valence-corrected chi connectivity index (χ4v) is 3.65. The molecule has 0 atom stereocenters. The molecule has 126 valence electrons. The first-order valence-corrected chi connectivity index (χ1v) is 8.57. The van der Waals surface area contributed by atoms with Crippen molar-refractivity contribution in [3.05, 3.63) is 52.3 Å². The molecule has 4 rings (SSSR count). The van der Waals surface area contributed by atoms with Gasteiger partial charge in [-0.25, -0.2) is 4.98 Å². The van der Waals surface area contributed by atoms with Crippen molar-refractivity contribution in [2.24, 2.45) is 0 Å². The number of carbonyl (C=O) groups excluding carboxylic acids is 2. The zero-order chi connectivity index (χ0) is 17.6. The van der Waals surface area contributed by atoms with Gasteiger partial charge in [-0.1, -0.05) is 0 Å². The summed E-state index contributed by atoms with van der Waals surface area (Å²) >= 11 is 1.61. The van der Waals surface area contributed by atoms with Crippen LogP contribution in [-0.2, 0) is 4.79 Å². The Kier molecular flexibility index (Phi) is 3.65. The van der Waals surface area contributed by atoms with Crippen molar-refractivity contribution in [3.63, 3.8) is 0 Å². The lowest BCUT2D eigenvalue weighted by Gasteiger charge is -2.17. The van der Waals surface area contributed by atoms with Crippen LogP contribution in [0.15, 0.2) is 30.5 Å². The van der Waals surface area contributed by atoms with Crippen LogP contribution in [-0.4, -0.2) is 27.7 Å². The van der Waals surface area contributed by atoms with E-state index in [1.54, 1.807) is 35.6 Å². The predicted octanol–water partition coefficient (Wildman–Crippen LogP) is 3.24. The number of anilines is 1. The van der Waals surface area contributed by atoms with Crippen molar-refractivity contribution in [1.29, 1.82) is 0 Å². The van der Waals surface area contributed by atoms with Crippen molar-refractivity contribution in [2.75, 3.05) is 11.9 Å². The molecule has 2 aromatic heterocycles. The fourth-order valence-electron chi connectivity index (χ4n) is 2.77. The molecule has 0 spiro atoms. The third-order valence-corrected chi connectivity index (χ3v) is 4.85. The highest BCUT2D eigenvalue weighted by Gasteiger charge is 2.17. The van der Waals surface area contributed by atoms with Crippen molar-refractivity contribution in [2.45, 2.75) is 13.8 Å². The Bertz CT molecular complexity index is 1050. The zero-order valence-corrected chi connectivity index (χ0v) is 14.5. The van der Waals surface area contributed by atoms with E-state index in [0.717, 1.165) is 21.2 Å². The van der Waals surface area contributed by atoms with Crippen LogP contribution in [0.2, 0.25) is 0 Å². The van der Waals surface area contributed by atoms with E-state index >= 15 is 0 Å². The van der Waals surface area contributed by atoms with Gasteiger partial charge in [-0.05, 0) is 44.2 Å². The average molecular weight is 353 g/mol. The maximum Gasteiger partial charge on any atom is 0.262 e. The number of nitrogens with zero attached hydrogens (tertiary/aromatic N) is 2. The molecular formula is C18H15N3O3S. The van der Waals surface area contributed by atoms with Gasteiger partial charge >= 0.3 is 0 Å². The number of hydrogen-bond donors (Lipinski definition) is 1. The van der Waals surface area contributed by atoms with E-state index in [9.17, 15) is 9.59 Å². The first kappa shape index (κ1) is 15.6. The Morgan fingerprint density at radius 3 is 3.08 bits per heavy atom. The van der Waals surface area contributed by atoms with Crippen LogP contribution in [0.5, 0.6) is 5.75 Å². The summed E-state index contributed by atoms with van der Waals surface area (Å²) in [6.07, 6.45) is 5.31. The summed E-state index contributed by atoms with van der Waals surface area (Å²) in [4.78, 5) is 30.5. The number of allylic oxidation sites excluding steroid dienone is 1. The molecule has 1 N–H and O–H groups in total. The molecule has 7 heteroatoms. The lowest BCUT2D eigenvalue weighted by atomic mass is 10.1. The molecule has 0 bridgehead atoms. The van der Waals surface area contributed by atoms with Gasteiger partial charge in [0.15, 0.2) is 17.4 Å². The van der Waals surface area contributed by atoms with E-state index in [0.29, 0.717) is 17.0 Å². The highest BCUT2D eigenvalue weighted by Crippen LogP contribution is 2.29. The molecule has 0 radical (unpaired) electrons. The van der Waals surface area contributed by atoms with Gasteiger partial charge in [0.05, 0.1) is 17.1 Å². The van der Waals surface area contributed by atoms with Crippen molar-refractivity contribution < 1.29 is 14.3 Å². The number of carbonyl (C=O) groups is 2. The summed E-state index contributed by atoms with van der Waals surface area (Å²) in [6, 6.07) is 5.02. The van der Waals surface area contributed by atoms with Gasteiger partial charge in [-0.2, -0.15) is 0 Å². The molecule has 1 aliphatic rings. The van der Waals surface area contributed by atoms with Crippen molar-refractivity contribution in [3.8, 4) is 5.75 Å². The number of imidazole rings is 1. The minimum Gasteiger partial charge on any atom is -0.482 e. The lowest BCUT2D eigenvalue weighted by molar-refractivity contribution is -0.118. The van der Waals surface area contributed by atoms with E-state index < -0.39 is 0 Å². The molecule has 0 aliphatic carbocycles. The summed E-state index contributed by atoms with van der Waals surface area (Å²) in [5.41, 5.74) is 2.77. The number of amides is 1. The Morgan fingerprint density at radius 2 is 2.24 bits per heavy atom. The summed E-state index contributed by atoms with van der Waals surface area (Å²) in [6.45, 7) is 3.94. The molecule has 6 nitrogen and oxygen atoms in total. The molecule has 1 amide bonds. The molecule has 3 aromatic rings. The summed E-state index contributed by atoms with van der Waals surface area (Å²) < 4.78 is 7.29. The molecule has 1 aliphatic heterocycles. The molecule has 0 fully saturated rings. The second-order valence-electron chi connectivity index (χ2n) is 5.82. The average Bonchev–Trinajstić information content (AvgIpc) is 3.06. The third kappa shape index (κ3) is 2.83. The fraction of sp³-hybridized carbons (Fsp3) is 0.167. The Balaban J connectivity index is 1.63. The number of benzene rings is 1. The monoisotopic (exact) mass is 353 g/mol. The molecule has 0 unspecified atom stereocenters. The predicted molar refractivity (Wildman–Crippen MR) is 96.5 cm³/mol. The Morgan fingerprint density at radius 1 is 1.40 bits per heavy atom. The normalized spacial score (nSPS) is 13.8. The van der Waals surface area contributed by atoms with Crippen LogP contribution in [0.25, 0.3) is 11.0 Å². The number of aromatic nitrogens is 2. The van der Waals surface area contributed by atoms with Gasteiger partial charge in [0.25, 0.3) is 5.91 Å². The minimum absolute atomic E-state index is 0.00323. The third-order valence-electron chi connectivity index (χ3n) is 3.95. The number of nitrogens with one attached hydrogen (secondary N) is 1. The lowest BCUT2D eigenvalue weighted by Crippen LogP contribution is -2.25. The Hall–Kier alpha value is -2.93. The van der Waals surface area contributed by atoms with E-state index in [-0.39, 0.29) is 18.3 Å². The molecule has 0 saturated heterocycles. The molecule has 3 heterocycles. The number of ketones is 1. The van der Waals surface area contributed by atoms with Crippen LogP contribution in [0.4, 0.5) is 5.69 Å². The first-order valence-electron chi connectivity index (χ1n) is 7.75. The van der Waals surface area contributed by atoms with Gasteiger partial charge in [-0.15, -0.1) is 11.3 Å². The smallest absolute Gasteiger partial charge is 0.262 e. The van der Waals surface area contributed by atoms with Gasteiger partial charge in [-0.3, -0.25) is 14.0 Å². The van der Waals surface area contributed by atoms with E-state index in [2.05, 4.69) is 10.3 Å². The number of ether oxygens (including phenoxy) is 1. The second-order valence-corrected chi connectivity index (χ2v) is 7.04. The minimum atomic E-state index is -0.224. The standard InChI is InChI=1S/C18H15N3O3S/c1-10-8-21-14(11(2)19-18(21)25-10)4-5-15(22)12-3-6-16-13(7-12)20-17(23)9-24-16/h3-8H,9H2,1-2H3,(H,20,23)/b5-4+. The molecular weight excluding hydrogens is 338 g/mol. The van der Waals surface area contributed by atoms with Crippen LogP contribution in [0.3, 0.4) is 0 Å². The molecule has 25 heavy (non-hydrogen) atoms. The highest BCUT2D eigenvalue weighted by molar-refractivity contribution is 7.17. The van der Waals surface area contributed by atoms with Gasteiger partial charge in [0.1, 0.15) is 5.75 Å². The second kappa shape index (κ2) is 5.86. The van der Waals surface area contributed by atoms with Crippen molar-refractivity contribution in [1.82, 2.24) is 9.38 Å². The Labute approximate surface area is 147 Å².